The lowest BCUT2D eigenvalue weighted by Crippen LogP contribution is -2.30. The highest BCUT2D eigenvalue weighted by Crippen LogP contribution is 2.28. The number of nitrogens with one attached hydrogen (secondary N) is 1. The summed E-state index contributed by atoms with van der Waals surface area (Å²) in [5.74, 6) is -0.496. The van der Waals surface area contributed by atoms with E-state index in [1.165, 1.54) is 11.0 Å². The number of carboxylic acids is 1. The molecular formula is C19H15ClN2O5S. The molecule has 1 aliphatic heterocycles. The van der Waals surface area contributed by atoms with E-state index in [1.807, 2.05) is 0 Å². The van der Waals surface area contributed by atoms with Gasteiger partial charge in [0.15, 0.2) is 11.7 Å². The molecule has 9 heteroatoms. The summed E-state index contributed by atoms with van der Waals surface area (Å²) in [7, 11) is 1.56. The summed E-state index contributed by atoms with van der Waals surface area (Å²) in [5.41, 5.74) is 1.53. The van der Waals surface area contributed by atoms with Crippen molar-refractivity contribution in [1.29, 1.82) is 0 Å². The number of carboxylic acid groups (broad SMARTS) is 1. The van der Waals surface area contributed by atoms with Gasteiger partial charge in [0.05, 0.1) is 17.8 Å². The first-order valence-corrected chi connectivity index (χ1v) is 8.83. The Hall–Kier alpha value is -3.10. The lowest BCUT2D eigenvalue weighted by Gasteiger charge is -2.14. The molecule has 1 aliphatic rings. The van der Waals surface area contributed by atoms with Gasteiger partial charge in [0.1, 0.15) is 17.2 Å². The smallest absolute Gasteiger partial charge is 0.341 e. The fourth-order valence-corrected chi connectivity index (χ4v) is 3.07. The number of aliphatic carboxylic acids is 1. The Bertz CT molecular complexity index is 975. The average molecular weight is 419 g/mol. The number of hydrogen-bond donors (Lipinski definition) is 2. The van der Waals surface area contributed by atoms with Crippen molar-refractivity contribution in [3.05, 3.63) is 58.7 Å². The third-order valence-electron chi connectivity index (χ3n) is 3.83. The minimum Gasteiger partial charge on any atom is -0.497 e. The lowest BCUT2D eigenvalue weighted by molar-refractivity contribution is -0.139. The fourth-order valence-electron chi connectivity index (χ4n) is 2.53. The van der Waals surface area contributed by atoms with Crippen molar-refractivity contribution < 1.29 is 24.2 Å². The Balaban J connectivity index is 1.81. The summed E-state index contributed by atoms with van der Waals surface area (Å²) in [6, 6.07) is 11.7. The van der Waals surface area contributed by atoms with E-state index in [0.717, 1.165) is 0 Å². The Morgan fingerprint density at radius 3 is 2.61 bits per heavy atom. The number of thiocarbonyl (C=S) groups is 1. The molecule has 1 heterocycles. The second-order valence-electron chi connectivity index (χ2n) is 5.70. The van der Waals surface area contributed by atoms with E-state index < -0.39 is 12.6 Å². The van der Waals surface area contributed by atoms with E-state index in [2.05, 4.69) is 5.32 Å². The topological polar surface area (TPSA) is 88.1 Å². The molecule has 2 aromatic carbocycles. The number of benzene rings is 2. The number of amides is 1. The van der Waals surface area contributed by atoms with Crippen molar-refractivity contribution in [1.82, 2.24) is 5.32 Å². The molecule has 0 aromatic heterocycles. The van der Waals surface area contributed by atoms with Gasteiger partial charge in [-0.15, -0.1) is 0 Å². The van der Waals surface area contributed by atoms with Crippen molar-refractivity contribution in [3.63, 3.8) is 0 Å². The van der Waals surface area contributed by atoms with Crippen molar-refractivity contribution in [2.45, 2.75) is 0 Å². The van der Waals surface area contributed by atoms with Gasteiger partial charge >= 0.3 is 5.97 Å². The summed E-state index contributed by atoms with van der Waals surface area (Å²) in [5, 5.41) is 12.0. The van der Waals surface area contributed by atoms with Crippen LogP contribution < -0.4 is 19.7 Å². The zero-order valence-corrected chi connectivity index (χ0v) is 16.2. The highest BCUT2D eigenvalue weighted by Gasteiger charge is 2.31. The zero-order valence-electron chi connectivity index (χ0n) is 14.6. The molecule has 0 aliphatic carbocycles. The molecule has 2 N–H and O–H groups in total. The van der Waals surface area contributed by atoms with Crippen molar-refractivity contribution >= 4 is 52.6 Å². The van der Waals surface area contributed by atoms with Crippen LogP contribution in [0.1, 0.15) is 5.56 Å². The van der Waals surface area contributed by atoms with E-state index >= 15 is 0 Å². The van der Waals surface area contributed by atoms with E-state index in [1.54, 1.807) is 49.6 Å². The fraction of sp³-hybridized carbons (Fsp3) is 0.105. The Labute approximate surface area is 171 Å². The van der Waals surface area contributed by atoms with E-state index in [-0.39, 0.29) is 27.5 Å². The number of nitrogens with zero attached hydrogens (tertiary/aromatic N) is 1. The molecule has 1 saturated heterocycles. The summed E-state index contributed by atoms with van der Waals surface area (Å²) in [6.45, 7) is -0.495. The van der Waals surface area contributed by atoms with Gasteiger partial charge < -0.3 is 19.9 Å². The predicted octanol–water partition coefficient (Wildman–Crippen LogP) is 3.07. The summed E-state index contributed by atoms with van der Waals surface area (Å²) in [4.78, 5) is 24.7. The average Bonchev–Trinajstić information content (AvgIpc) is 2.94. The SMILES string of the molecule is COc1ccc(N2C(=O)C(=Cc3ccc(OCC(=O)O)c(Cl)c3)NC2=S)cc1. The third-order valence-corrected chi connectivity index (χ3v) is 4.41. The second-order valence-corrected chi connectivity index (χ2v) is 6.49. The van der Waals surface area contributed by atoms with Gasteiger partial charge in [0.25, 0.3) is 5.91 Å². The Morgan fingerprint density at radius 2 is 2.00 bits per heavy atom. The summed E-state index contributed by atoms with van der Waals surface area (Å²) in [6.07, 6.45) is 1.60. The van der Waals surface area contributed by atoms with Crippen molar-refractivity contribution in [3.8, 4) is 11.5 Å². The van der Waals surface area contributed by atoms with Crippen LogP contribution in [0.15, 0.2) is 48.2 Å². The molecule has 28 heavy (non-hydrogen) atoms. The van der Waals surface area contributed by atoms with Crippen molar-refractivity contribution in [2.24, 2.45) is 0 Å². The number of hydrogen-bond acceptors (Lipinski definition) is 5. The van der Waals surface area contributed by atoms with Crippen LogP contribution in [0.4, 0.5) is 5.69 Å². The van der Waals surface area contributed by atoms with Gasteiger partial charge in [0, 0.05) is 0 Å². The van der Waals surface area contributed by atoms with E-state index in [9.17, 15) is 9.59 Å². The van der Waals surface area contributed by atoms with Crippen molar-refractivity contribution in [2.75, 3.05) is 18.6 Å². The zero-order chi connectivity index (χ0) is 20.3. The van der Waals surface area contributed by atoms with Crippen LogP contribution in [0.2, 0.25) is 5.02 Å². The van der Waals surface area contributed by atoms with Gasteiger partial charge in [-0.05, 0) is 60.3 Å². The number of rotatable bonds is 6. The van der Waals surface area contributed by atoms with Gasteiger partial charge in [-0.1, -0.05) is 17.7 Å². The summed E-state index contributed by atoms with van der Waals surface area (Å²) >= 11 is 11.4. The molecule has 7 nitrogen and oxygen atoms in total. The number of methoxy groups -OCH3 is 1. The predicted molar refractivity (Wildman–Crippen MR) is 109 cm³/mol. The van der Waals surface area contributed by atoms with Gasteiger partial charge in [-0.25, -0.2) is 4.79 Å². The molecule has 0 bridgehead atoms. The van der Waals surface area contributed by atoms with Crippen LogP contribution in [0, 0.1) is 0 Å². The van der Waals surface area contributed by atoms with Gasteiger partial charge in [0.2, 0.25) is 0 Å². The largest absolute Gasteiger partial charge is 0.497 e. The Morgan fingerprint density at radius 1 is 1.29 bits per heavy atom. The van der Waals surface area contributed by atoms with Crippen LogP contribution in [0.25, 0.3) is 6.08 Å². The molecule has 0 unspecified atom stereocenters. The molecular weight excluding hydrogens is 404 g/mol. The third kappa shape index (κ3) is 4.24. The van der Waals surface area contributed by atoms with Crippen LogP contribution in [-0.4, -0.2) is 35.8 Å². The van der Waals surface area contributed by atoms with Crippen LogP contribution in [0.5, 0.6) is 11.5 Å². The summed E-state index contributed by atoms with van der Waals surface area (Å²) < 4.78 is 10.2. The number of ether oxygens (including phenoxy) is 2. The number of halogens is 1. The molecule has 2 aromatic rings. The molecule has 0 radical (unpaired) electrons. The second kappa shape index (κ2) is 8.28. The minimum absolute atomic E-state index is 0.232. The minimum atomic E-state index is -1.10. The highest BCUT2D eigenvalue weighted by molar-refractivity contribution is 7.80. The normalized spacial score (nSPS) is 14.9. The van der Waals surface area contributed by atoms with E-state index in [0.29, 0.717) is 17.0 Å². The maximum Gasteiger partial charge on any atom is 0.341 e. The van der Waals surface area contributed by atoms with Crippen LogP contribution >= 0.6 is 23.8 Å². The first-order chi connectivity index (χ1) is 13.4. The number of carbonyl (C=O) groups excluding carboxylic acids is 1. The molecule has 1 fully saturated rings. The quantitative estimate of drug-likeness (QED) is 0.550. The lowest BCUT2D eigenvalue weighted by atomic mass is 10.1. The molecule has 3 rings (SSSR count). The van der Waals surface area contributed by atoms with E-state index in [4.69, 9.17) is 38.4 Å². The maximum absolute atomic E-state index is 12.8. The molecule has 0 saturated carbocycles. The molecule has 1 amide bonds. The first kappa shape index (κ1) is 19.7. The van der Waals surface area contributed by atoms with Crippen LogP contribution in [-0.2, 0) is 9.59 Å². The molecule has 0 atom stereocenters. The highest BCUT2D eigenvalue weighted by atomic mass is 35.5. The van der Waals surface area contributed by atoms with Gasteiger partial charge in [-0.3, -0.25) is 9.69 Å². The number of carbonyl (C=O) groups is 2. The maximum atomic E-state index is 12.8. The van der Waals surface area contributed by atoms with Gasteiger partial charge in [-0.2, -0.15) is 0 Å². The number of anilines is 1. The standard InChI is InChI=1S/C19H15ClN2O5S/c1-26-13-5-3-12(4-6-13)22-18(25)15(21-19(22)28)9-11-2-7-16(14(20)8-11)27-10-17(23)24/h2-9H,10H2,1H3,(H,21,28)(H,23,24). The molecule has 0 spiro atoms. The van der Waals surface area contributed by atoms with Crippen LogP contribution in [0.3, 0.4) is 0 Å². The molecule has 144 valence electrons. The Kier molecular flexibility index (Phi) is 5.81. The monoisotopic (exact) mass is 418 g/mol. The first-order valence-electron chi connectivity index (χ1n) is 8.04.